The zero-order chi connectivity index (χ0) is 22.8. The molecule has 2 aromatic rings. The van der Waals surface area contributed by atoms with E-state index in [-0.39, 0.29) is 11.1 Å². The van der Waals surface area contributed by atoms with E-state index in [1.54, 1.807) is 18.3 Å². The van der Waals surface area contributed by atoms with Crippen LogP contribution in [0.2, 0.25) is 0 Å². The van der Waals surface area contributed by atoms with Gasteiger partial charge in [0.2, 0.25) is 5.95 Å². The maximum atomic E-state index is 11.7. The van der Waals surface area contributed by atoms with Crippen molar-refractivity contribution in [1.29, 1.82) is 0 Å². The minimum atomic E-state index is -0.379. The summed E-state index contributed by atoms with van der Waals surface area (Å²) in [5.41, 5.74) is 1.97. The Morgan fingerprint density at radius 3 is 2.47 bits per heavy atom. The topological polar surface area (TPSA) is 96.0 Å². The van der Waals surface area contributed by atoms with Crippen molar-refractivity contribution in [3.63, 3.8) is 0 Å². The third kappa shape index (κ3) is 7.17. The van der Waals surface area contributed by atoms with Gasteiger partial charge < -0.3 is 10.6 Å². The molecule has 1 aliphatic carbocycles. The molecule has 1 aliphatic heterocycles. The molecule has 170 valence electrons. The Hall–Kier alpha value is -2.71. The molecule has 1 aromatic heterocycles. The smallest absolute Gasteiger partial charge is 0.290 e. The van der Waals surface area contributed by atoms with Crippen LogP contribution in [0.3, 0.4) is 0 Å². The monoisotopic (exact) mass is 453 g/mol. The number of hydrogen-bond donors (Lipinski definition) is 3. The van der Waals surface area contributed by atoms with Gasteiger partial charge in [0.05, 0.1) is 10.6 Å². The first-order valence-electron chi connectivity index (χ1n) is 11.3. The van der Waals surface area contributed by atoms with Crippen molar-refractivity contribution >= 4 is 34.9 Å². The average molecular weight is 454 g/mol. The lowest BCUT2D eigenvalue weighted by Gasteiger charge is -2.29. The molecule has 2 amide bonds. The molecule has 32 heavy (non-hydrogen) atoms. The number of rotatable bonds is 7. The van der Waals surface area contributed by atoms with Crippen LogP contribution < -0.4 is 16.0 Å². The van der Waals surface area contributed by atoms with E-state index in [9.17, 15) is 9.59 Å². The van der Waals surface area contributed by atoms with Gasteiger partial charge in [0, 0.05) is 18.3 Å². The summed E-state index contributed by atoms with van der Waals surface area (Å²) in [5, 5.41) is 8.99. The van der Waals surface area contributed by atoms with Gasteiger partial charge in [-0.1, -0.05) is 44.2 Å². The number of carbonyl (C=O) groups excluding carboxylic acids is 2. The minimum absolute atomic E-state index is 0.339. The molecule has 4 rings (SSSR count). The quantitative estimate of drug-likeness (QED) is 0.535. The van der Waals surface area contributed by atoms with Gasteiger partial charge in [-0.25, -0.2) is 9.97 Å². The fraction of sp³-hybridized carbons (Fsp3) is 0.417. The molecule has 0 bridgehead atoms. The van der Waals surface area contributed by atoms with Crippen LogP contribution in [0, 0.1) is 0 Å². The zero-order valence-corrected chi connectivity index (χ0v) is 19.5. The van der Waals surface area contributed by atoms with Gasteiger partial charge in [-0.2, -0.15) is 0 Å². The first-order chi connectivity index (χ1) is 15.7. The van der Waals surface area contributed by atoms with E-state index < -0.39 is 0 Å². The Bertz CT molecular complexity index is 927. The van der Waals surface area contributed by atoms with Gasteiger partial charge in [0.1, 0.15) is 0 Å². The summed E-state index contributed by atoms with van der Waals surface area (Å²) in [7, 11) is 0. The number of aromatic nitrogens is 2. The summed E-state index contributed by atoms with van der Waals surface area (Å²) in [6, 6.07) is 13.2. The van der Waals surface area contributed by atoms with E-state index in [1.165, 1.54) is 5.56 Å². The number of anilines is 1. The molecule has 1 saturated carbocycles. The van der Waals surface area contributed by atoms with Crippen LogP contribution in [0.5, 0.6) is 0 Å². The molecule has 8 heteroatoms. The minimum Gasteiger partial charge on any atom is -0.351 e. The molecule has 0 unspecified atom stereocenters. The summed E-state index contributed by atoms with van der Waals surface area (Å²) in [4.78, 5) is 32.1. The molecular formula is C24H31N5O2S. The first kappa shape index (κ1) is 23.9. The molecule has 0 spiro atoms. The highest BCUT2D eigenvalue weighted by Gasteiger charge is 2.25. The molecule has 7 nitrogen and oxygen atoms in total. The van der Waals surface area contributed by atoms with Gasteiger partial charge >= 0.3 is 0 Å². The Morgan fingerprint density at radius 2 is 1.78 bits per heavy atom. The third-order valence-corrected chi connectivity index (χ3v) is 6.16. The Labute approximate surface area is 193 Å². The number of benzene rings is 1. The Morgan fingerprint density at radius 1 is 1.06 bits per heavy atom. The van der Waals surface area contributed by atoms with E-state index in [0.29, 0.717) is 28.6 Å². The highest BCUT2D eigenvalue weighted by molar-refractivity contribution is 8.18. The number of nitrogens with one attached hydrogen (secondary N) is 3. The Kier molecular flexibility index (Phi) is 9.25. The molecule has 2 fully saturated rings. The predicted octanol–water partition coefficient (Wildman–Crippen LogP) is 4.38. The zero-order valence-electron chi connectivity index (χ0n) is 18.6. The highest BCUT2D eigenvalue weighted by atomic mass is 32.2. The van der Waals surface area contributed by atoms with Gasteiger partial charge in [-0.3, -0.25) is 14.9 Å². The van der Waals surface area contributed by atoms with E-state index in [1.807, 2.05) is 19.9 Å². The van der Waals surface area contributed by atoms with Crippen molar-refractivity contribution < 1.29 is 9.59 Å². The van der Waals surface area contributed by atoms with Crippen molar-refractivity contribution in [2.75, 3.05) is 11.9 Å². The van der Waals surface area contributed by atoms with Crippen LogP contribution in [0.4, 0.5) is 10.7 Å². The molecule has 0 atom stereocenters. The van der Waals surface area contributed by atoms with Crippen LogP contribution in [0.25, 0.3) is 6.08 Å². The number of thioether (sulfide) groups is 1. The molecule has 0 radical (unpaired) electrons. The molecule has 1 aromatic carbocycles. The van der Waals surface area contributed by atoms with Gasteiger partial charge in [-0.15, -0.1) is 0 Å². The van der Waals surface area contributed by atoms with Gasteiger partial charge in [-0.05, 0) is 68.1 Å². The highest BCUT2D eigenvalue weighted by Crippen LogP contribution is 2.25. The second-order valence-corrected chi connectivity index (χ2v) is 8.55. The van der Waals surface area contributed by atoms with Crippen LogP contribution >= 0.6 is 11.8 Å². The van der Waals surface area contributed by atoms with Crippen LogP contribution in [0.15, 0.2) is 47.5 Å². The normalized spacial score (nSPS) is 21.6. The van der Waals surface area contributed by atoms with Crippen molar-refractivity contribution in [1.82, 2.24) is 20.6 Å². The van der Waals surface area contributed by atoms with Crippen molar-refractivity contribution in [2.24, 2.45) is 0 Å². The lowest BCUT2D eigenvalue weighted by molar-refractivity contribution is -0.115. The van der Waals surface area contributed by atoms with Crippen LogP contribution in [0.1, 0.15) is 50.8 Å². The molecule has 3 N–H and O–H groups in total. The molecule has 1 saturated heterocycles. The predicted molar refractivity (Wildman–Crippen MR) is 130 cm³/mol. The number of carbonyl (C=O) groups is 2. The summed E-state index contributed by atoms with van der Waals surface area (Å²) in [6.45, 7) is 5.00. The first-order valence-corrected chi connectivity index (χ1v) is 12.1. The van der Waals surface area contributed by atoms with E-state index >= 15 is 0 Å². The summed E-state index contributed by atoms with van der Waals surface area (Å²) in [6.07, 6.45) is 8.69. The van der Waals surface area contributed by atoms with Crippen molar-refractivity contribution in [2.45, 2.75) is 58.0 Å². The summed E-state index contributed by atoms with van der Waals surface area (Å²) in [5.74, 6) is 0.177. The lowest BCUT2D eigenvalue weighted by atomic mass is 9.91. The summed E-state index contributed by atoms with van der Waals surface area (Å²) < 4.78 is 0. The van der Waals surface area contributed by atoms with E-state index in [4.69, 9.17) is 0 Å². The van der Waals surface area contributed by atoms with Crippen molar-refractivity contribution in [3.8, 4) is 0 Å². The third-order valence-electron chi connectivity index (χ3n) is 5.35. The molecular weight excluding hydrogens is 422 g/mol. The van der Waals surface area contributed by atoms with E-state index in [0.717, 1.165) is 50.4 Å². The number of imide groups is 1. The molecule has 2 heterocycles. The number of hydrogen-bond acceptors (Lipinski definition) is 7. The van der Waals surface area contributed by atoms with Crippen LogP contribution in [-0.4, -0.2) is 39.7 Å². The maximum absolute atomic E-state index is 11.7. The standard InChI is InChI=1S/C22H25N5O2S.C2H6/c28-20-19(30-22(29)27-20)14-18-11-13-24-21(26-18)25-17-8-6-16(7-9-17)23-12-10-15-4-2-1-3-5-15;1-2/h1-5,11,13-14,16-17,23H,6-10,12H2,(H,24,25,26)(H,27,28,29);1-2H3/b19-14-;. The lowest BCUT2D eigenvalue weighted by Crippen LogP contribution is -2.38. The fourth-order valence-corrected chi connectivity index (χ4v) is 4.43. The SMILES string of the molecule is CC.O=C1NC(=O)/C(=C/c2ccnc(NC3CCC(NCCc4ccccc4)CC3)n2)S1. The van der Waals surface area contributed by atoms with Crippen LogP contribution in [-0.2, 0) is 11.2 Å². The fourth-order valence-electron chi connectivity index (χ4n) is 3.77. The second kappa shape index (κ2) is 12.4. The van der Waals surface area contributed by atoms with Crippen molar-refractivity contribution in [3.05, 3.63) is 58.8 Å². The second-order valence-electron chi connectivity index (χ2n) is 7.54. The van der Waals surface area contributed by atoms with Gasteiger partial charge in [0.25, 0.3) is 11.1 Å². The van der Waals surface area contributed by atoms with Gasteiger partial charge in [0.15, 0.2) is 0 Å². The number of nitrogens with zero attached hydrogens (tertiary/aromatic N) is 2. The molecule has 2 aliphatic rings. The number of amides is 2. The largest absolute Gasteiger partial charge is 0.351 e. The summed E-state index contributed by atoms with van der Waals surface area (Å²) >= 11 is 0.889. The Balaban J connectivity index is 0.00000141. The average Bonchev–Trinajstić information content (AvgIpc) is 3.14. The maximum Gasteiger partial charge on any atom is 0.290 e. The van der Waals surface area contributed by atoms with E-state index in [2.05, 4.69) is 50.2 Å².